The fourth-order valence-corrected chi connectivity index (χ4v) is 2.28. The van der Waals surface area contributed by atoms with E-state index in [4.69, 9.17) is 5.11 Å². The van der Waals surface area contributed by atoms with E-state index in [1.807, 2.05) is 4.90 Å². The number of rotatable bonds is 4. The van der Waals surface area contributed by atoms with Crippen molar-refractivity contribution in [3.63, 3.8) is 0 Å². The molecule has 1 aliphatic heterocycles. The molecule has 2 rings (SSSR count). The van der Waals surface area contributed by atoms with Crippen molar-refractivity contribution in [3.05, 3.63) is 30.1 Å². The fourth-order valence-electron chi connectivity index (χ4n) is 2.28. The molecule has 0 radical (unpaired) electrons. The van der Waals surface area contributed by atoms with Crippen molar-refractivity contribution in [2.24, 2.45) is 0 Å². The lowest BCUT2D eigenvalue weighted by molar-refractivity contribution is -0.141. The van der Waals surface area contributed by atoms with E-state index in [9.17, 15) is 14.0 Å². The molecule has 1 amide bonds. The lowest BCUT2D eigenvalue weighted by atomic mass is 10.2. The number of nitrogens with zero attached hydrogens (tertiary/aromatic N) is 2. The van der Waals surface area contributed by atoms with Crippen molar-refractivity contribution in [2.45, 2.75) is 12.8 Å². The monoisotopic (exact) mass is 280 g/mol. The summed E-state index contributed by atoms with van der Waals surface area (Å²) in [6.07, 6.45) is -0.124. The minimum absolute atomic E-state index is 0.0228. The molecule has 6 heteroatoms. The van der Waals surface area contributed by atoms with Crippen LogP contribution in [0.2, 0.25) is 0 Å². The molecule has 0 spiro atoms. The van der Waals surface area contributed by atoms with E-state index >= 15 is 0 Å². The number of halogens is 1. The van der Waals surface area contributed by atoms with Crippen LogP contribution in [0.15, 0.2) is 24.3 Å². The lowest BCUT2D eigenvalue weighted by Gasteiger charge is -2.36. The number of piperazine rings is 1. The molecule has 1 saturated heterocycles. The summed E-state index contributed by atoms with van der Waals surface area (Å²) < 4.78 is 13.7. The predicted molar refractivity (Wildman–Crippen MR) is 72.1 cm³/mol. The number of carboxylic acids is 1. The van der Waals surface area contributed by atoms with E-state index in [-0.39, 0.29) is 24.6 Å². The maximum absolute atomic E-state index is 13.7. The predicted octanol–water partition coefficient (Wildman–Crippen LogP) is 1.34. The van der Waals surface area contributed by atoms with Gasteiger partial charge in [-0.15, -0.1) is 0 Å². The van der Waals surface area contributed by atoms with Crippen molar-refractivity contribution in [1.82, 2.24) is 4.90 Å². The van der Waals surface area contributed by atoms with Crippen LogP contribution in [0.5, 0.6) is 0 Å². The number of para-hydroxylation sites is 1. The van der Waals surface area contributed by atoms with Crippen LogP contribution in [-0.4, -0.2) is 48.1 Å². The van der Waals surface area contributed by atoms with Gasteiger partial charge < -0.3 is 14.9 Å². The average molecular weight is 280 g/mol. The molecular formula is C14H17FN2O3. The van der Waals surface area contributed by atoms with Gasteiger partial charge in [0.1, 0.15) is 5.82 Å². The van der Waals surface area contributed by atoms with Gasteiger partial charge >= 0.3 is 5.97 Å². The number of hydrogen-bond donors (Lipinski definition) is 1. The number of benzene rings is 1. The Hall–Kier alpha value is -2.11. The zero-order valence-corrected chi connectivity index (χ0v) is 11.1. The van der Waals surface area contributed by atoms with Gasteiger partial charge in [0.25, 0.3) is 0 Å². The van der Waals surface area contributed by atoms with Gasteiger partial charge in [0, 0.05) is 32.6 Å². The van der Waals surface area contributed by atoms with Crippen LogP contribution < -0.4 is 4.90 Å². The maximum Gasteiger partial charge on any atom is 0.303 e. The number of carboxylic acid groups (broad SMARTS) is 1. The second-order valence-corrected chi connectivity index (χ2v) is 4.71. The van der Waals surface area contributed by atoms with E-state index in [0.29, 0.717) is 31.9 Å². The first-order valence-electron chi connectivity index (χ1n) is 6.57. The van der Waals surface area contributed by atoms with Crippen LogP contribution in [0.1, 0.15) is 12.8 Å². The molecule has 1 aliphatic rings. The van der Waals surface area contributed by atoms with Gasteiger partial charge in [0.15, 0.2) is 0 Å². The van der Waals surface area contributed by atoms with E-state index in [0.717, 1.165) is 0 Å². The van der Waals surface area contributed by atoms with E-state index in [1.165, 1.54) is 6.07 Å². The van der Waals surface area contributed by atoms with Crippen LogP contribution in [0, 0.1) is 5.82 Å². The molecule has 5 nitrogen and oxygen atoms in total. The molecule has 1 N–H and O–H groups in total. The Morgan fingerprint density at radius 3 is 2.35 bits per heavy atom. The normalized spacial score (nSPS) is 15.2. The Labute approximate surface area is 116 Å². The summed E-state index contributed by atoms with van der Waals surface area (Å²) >= 11 is 0. The molecule has 20 heavy (non-hydrogen) atoms. The molecule has 1 fully saturated rings. The summed E-state index contributed by atoms with van der Waals surface area (Å²) in [4.78, 5) is 25.8. The summed E-state index contributed by atoms with van der Waals surface area (Å²) in [5.74, 6) is -1.39. The first-order valence-corrected chi connectivity index (χ1v) is 6.57. The Kier molecular flexibility index (Phi) is 4.55. The van der Waals surface area contributed by atoms with Gasteiger partial charge in [-0.25, -0.2) is 4.39 Å². The highest BCUT2D eigenvalue weighted by Gasteiger charge is 2.22. The largest absolute Gasteiger partial charge is 0.481 e. The molecule has 0 aromatic heterocycles. The lowest BCUT2D eigenvalue weighted by Crippen LogP contribution is -2.49. The smallest absolute Gasteiger partial charge is 0.303 e. The summed E-state index contributed by atoms with van der Waals surface area (Å²) in [5, 5.41) is 8.56. The van der Waals surface area contributed by atoms with Crippen LogP contribution in [0.4, 0.5) is 10.1 Å². The standard InChI is InChI=1S/C14H17FN2O3/c15-11-3-1-2-4-12(11)16-7-9-17(10-8-16)13(18)5-6-14(19)20/h1-4H,5-10H2,(H,19,20). The SMILES string of the molecule is O=C(O)CCC(=O)N1CCN(c2ccccc2F)CC1. The number of aliphatic carboxylic acids is 1. The molecule has 0 bridgehead atoms. The zero-order valence-electron chi connectivity index (χ0n) is 11.1. The van der Waals surface area contributed by atoms with E-state index < -0.39 is 5.97 Å². The quantitative estimate of drug-likeness (QED) is 0.904. The highest BCUT2D eigenvalue weighted by atomic mass is 19.1. The van der Waals surface area contributed by atoms with E-state index in [2.05, 4.69) is 0 Å². The van der Waals surface area contributed by atoms with Crippen molar-refractivity contribution in [3.8, 4) is 0 Å². The minimum Gasteiger partial charge on any atom is -0.481 e. The number of carbonyl (C=O) groups excluding carboxylic acids is 1. The number of hydrogen-bond acceptors (Lipinski definition) is 3. The molecule has 1 aromatic rings. The molecule has 108 valence electrons. The number of anilines is 1. The van der Waals surface area contributed by atoms with Gasteiger partial charge in [-0.2, -0.15) is 0 Å². The molecule has 0 saturated carbocycles. The Bertz CT molecular complexity index is 499. The summed E-state index contributed by atoms with van der Waals surface area (Å²) in [6.45, 7) is 2.10. The van der Waals surface area contributed by atoms with Gasteiger partial charge in [-0.3, -0.25) is 9.59 Å². The van der Waals surface area contributed by atoms with Crippen molar-refractivity contribution in [2.75, 3.05) is 31.1 Å². The second kappa shape index (κ2) is 6.36. The Morgan fingerprint density at radius 2 is 1.75 bits per heavy atom. The van der Waals surface area contributed by atoms with Crippen LogP contribution in [0.25, 0.3) is 0 Å². The molecule has 1 aromatic carbocycles. The highest BCUT2D eigenvalue weighted by Crippen LogP contribution is 2.20. The van der Waals surface area contributed by atoms with Crippen molar-refractivity contribution >= 4 is 17.6 Å². The third-order valence-electron chi connectivity index (χ3n) is 3.38. The minimum atomic E-state index is -0.969. The van der Waals surface area contributed by atoms with Crippen LogP contribution in [-0.2, 0) is 9.59 Å². The van der Waals surface area contributed by atoms with Crippen LogP contribution in [0.3, 0.4) is 0 Å². The molecular weight excluding hydrogens is 263 g/mol. The number of amides is 1. The van der Waals surface area contributed by atoms with E-state index in [1.54, 1.807) is 23.1 Å². The Balaban J connectivity index is 1.88. The topological polar surface area (TPSA) is 60.9 Å². The van der Waals surface area contributed by atoms with Gasteiger partial charge in [-0.1, -0.05) is 12.1 Å². The molecule has 1 heterocycles. The number of carbonyl (C=O) groups is 2. The van der Waals surface area contributed by atoms with Gasteiger partial charge in [0.05, 0.1) is 12.1 Å². The second-order valence-electron chi connectivity index (χ2n) is 4.71. The Morgan fingerprint density at radius 1 is 1.10 bits per heavy atom. The summed E-state index contributed by atoms with van der Waals surface area (Å²) in [6, 6.07) is 6.56. The average Bonchev–Trinajstić information content (AvgIpc) is 2.45. The molecule has 0 unspecified atom stereocenters. The summed E-state index contributed by atoms with van der Waals surface area (Å²) in [7, 11) is 0. The van der Waals surface area contributed by atoms with Gasteiger partial charge in [0.2, 0.25) is 5.91 Å². The fraction of sp³-hybridized carbons (Fsp3) is 0.429. The summed E-state index contributed by atoms with van der Waals surface area (Å²) in [5.41, 5.74) is 0.546. The van der Waals surface area contributed by atoms with Crippen molar-refractivity contribution < 1.29 is 19.1 Å². The zero-order chi connectivity index (χ0) is 14.5. The van der Waals surface area contributed by atoms with Crippen molar-refractivity contribution in [1.29, 1.82) is 0 Å². The first kappa shape index (κ1) is 14.3. The third-order valence-corrected chi connectivity index (χ3v) is 3.38. The highest BCUT2D eigenvalue weighted by molar-refractivity contribution is 5.81. The first-order chi connectivity index (χ1) is 9.58. The molecule has 0 aliphatic carbocycles. The third kappa shape index (κ3) is 3.46. The maximum atomic E-state index is 13.7. The van der Waals surface area contributed by atoms with Crippen LogP contribution >= 0.6 is 0 Å². The molecule has 0 atom stereocenters. The van der Waals surface area contributed by atoms with Gasteiger partial charge in [-0.05, 0) is 12.1 Å².